The molecule has 0 aliphatic heterocycles. The minimum Gasteiger partial charge on any atom is -0.496 e. The Morgan fingerprint density at radius 1 is 1.13 bits per heavy atom. The monoisotopic (exact) mass is 555 g/mol. The van der Waals surface area contributed by atoms with Gasteiger partial charge in [0.1, 0.15) is 11.5 Å². The van der Waals surface area contributed by atoms with Gasteiger partial charge in [0.05, 0.1) is 28.9 Å². The summed E-state index contributed by atoms with van der Waals surface area (Å²) in [5.74, 6) is 2.09. The molecule has 168 valence electrons. The van der Waals surface area contributed by atoms with E-state index in [1.807, 2.05) is 30.3 Å². The van der Waals surface area contributed by atoms with E-state index < -0.39 is 12.1 Å². The van der Waals surface area contributed by atoms with Crippen LogP contribution in [0.3, 0.4) is 0 Å². The minimum atomic E-state index is -0.777. The Bertz CT molecular complexity index is 909. The molecule has 0 heterocycles. The summed E-state index contributed by atoms with van der Waals surface area (Å²) in [4.78, 5) is 16.7. The van der Waals surface area contributed by atoms with E-state index in [4.69, 9.17) is 19.0 Å². The van der Waals surface area contributed by atoms with Gasteiger partial charge in [-0.05, 0) is 93.9 Å². The first-order chi connectivity index (χ1) is 14.8. The maximum atomic E-state index is 11.6. The molecule has 0 saturated heterocycles. The molecular formula is C23H27Br2NO5. The highest BCUT2D eigenvalue weighted by Gasteiger charge is 2.16. The van der Waals surface area contributed by atoms with Crippen LogP contribution in [0.1, 0.15) is 51.2 Å². The van der Waals surface area contributed by atoms with Crippen LogP contribution in [0.4, 0.5) is 0 Å². The summed E-state index contributed by atoms with van der Waals surface area (Å²) < 4.78 is 18.0. The molecule has 0 amide bonds. The number of methoxy groups -OCH3 is 1. The van der Waals surface area contributed by atoms with Gasteiger partial charge in [-0.15, -0.1) is 0 Å². The molecule has 2 rings (SSSR count). The van der Waals surface area contributed by atoms with Crippen molar-refractivity contribution in [3.05, 3.63) is 50.4 Å². The van der Waals surface area contributed by atoms with Crippen molar-refractivity contribution >= 4 is 44.0 Å². The Balaban J connectivity index is 2.18. The lowest BCUT2D eigenvalue weighted by Gasteiger charge is -2.17. The first-order valence-electron chi connectivity index (χ1n) is 10.0. The Kier molecular flexibility index (Phi) is 9.84. The summed E-state index contributed by atoms with van der Waals surface area (Å²) in [7, 11) is 1.67. The van der Waals surface area contributed by atoms with Crippen molar-refractivity contribution in [2.75, 3.05) is 13.7 Å². The second-order valence-corrected chi connectivity index (χ2v) is 8.57. The maximum Gasteiger partial charge on any atom is 0.349 e. The largest absolute Gasteiger partial charge is 0.496 e. The summed E-state index contributed by atoms with van der Waals surface area (Å²) in [5, 5.41) is 3.88. The quantitative estimate of drug-likeness (QED) is 0.182. The second-order valence-electron chi connectivity index (χ2n) is 6.86. The van der Waals surface area contributed by atoms with Crippen LogP contribution in [0, 0.1) is 0 Å². The van der Waals surface area contributed by atoms with Crippen LogP contribution in [0.2, 0.25) is 0 Å². The van der Waals surface area contributed by atoms with Gasteiger partial charge in [-0.1, -0.05) is 19.0 Å². The molecule has 0 aliphatic carbocycles. The summed E-state index contributed by atoms with van der Waals surface area (Å²) >= 11 is 7.11. The number of ether oxygens (including phenoxy) is 3. The van der Waals surface area contributed by atoms with Crippen molar-refractivity contribution in [2.24, 2.45) is 5.16 Å². The van der Waals surface area contributed by atoms with Gasteiger partial charge in [0.25, 0.3) is 0 Å². The third-order valence-electron chi connectivity index (χ3n) is 4.62. The van der Waals surface area contributed by atoms with Gasteiger partial charge in [-0.2, -0.15) is 0 Å². The van der Waals surface area contributed by atoms with Crippen molar-refractivity contribution in [1.29, 1.82) is 0 Å². The summed E-state index contributed by atoms with van der Waals surface area (Å²) in [5.41, 5.74) is 1.86. The number of esters is 1. The van der Waals surface area contributed by atoms with Gasteiger partial charge in [-0.3, -0.25) is 0 Å². The Morgan fingerprint density at radius 3 is 2.39 bits per heavy atom. The van der Waals surface area contributed by atoms with Crippen LogP contribution < -0.4 is 9.47 Å². The number of halogens is 2. The number of nitrogens with zero attached hydrogens (tertiary/aromatic N) is 1. The topological polar surface area (TPSA) is 66.4 Å². The molecule has 31 heavy (non-hydrogen) atoms. The van der Waals surface area contributed by atoms with Gasteiger partial charge >= 0.3 is 5.97 Å². The van der Waals surface area contributed by atoms with Crippen LogP contribution >= 0.6 is 31.9 Å². The van der Waals surface area contributed by atoms with Crippen LogP contribution in [0.15, 0.2) is 44.4 Å². The van der Waals surface area contributed by atoms with Crippen molar-refractivity contribution in [3.63, 3.8) is 0 Å². The first kappa shape index (κ1) is 25.2. The molecule has 0 aliphatic rings. The number of rotatable bonds is 10. The molecule has 2 aromatic carbocycles. The molecule has 8 heteroatoms. The SMILES string of the molecule is CCOC(=O)C(C)ON=Cc1cc(Br)c(Oc2ccc(OC)c(C(C)CC)c2)c(Br)c1. The van der Waals surface area contributed by atoms with Crippen molar-refractivity contribution in [3.8, 4) is 17.2 Å². The highest BCUT2D eigenvalue weighted by molar-refractivity contribution is 9.11. The van der Waals surface area contributed by atoms with Crippen LogP contribution in [-0.2, 0) is 14.4 Å². The Labute approximate surface area is 200 Å². The van der Waals surface area contributed by atoms with E-state index in [-0.39, 0.29) is 0 Å². The molecule has 2 unspecified atom stereocenters. The molecule has 6 nitrogen and oxygen atoms in total. The van der Waals surface area contributed by atoms with Crippen LogP contribution in [0.5, 0.6) is 17.2 Å². The van der Waals surface area contributed by atoms with Gasteiger partial charge in [-0.25, -0.2) is 4.79 Å². The number of oxime groups is 1. The Hall–Kier alpha value is -2.06. The van der Waals surface area contributed by atoms with Gasteiger partial charge in [0, 0.05) is 5.56 Å². The first-order valence-corrected chi connectivity index (χ1v) is 11.6. The lowest BCUT2D eigenvalue weighted by molar-refractivity contribution is -0.155. The lowest BCUT2D eigenvalue weighted by Crippen LogP contribution is -2.21. The van der Waals surface area contributed by atoms with Crippen molar-refractivity contribution < 1.29 is 23.8 Å². The zero-order chi connectivity index (χ0) is 23.0. The van der Waals surface area contributed by atoms with Crippen molar-refractivity contribution in [1.82, 2.24) is 0 Å². The normalized spacial score (nSPS) is 13.0. The number of hydrogen-bond acceptors (Lipinski definition) is 6. The molecular weight excluding hydrogens is 530 g/mol. The highest BCUT2D eigenvalue weighted by atomic mass is 79.9. The zero-order valence-corrected chi connectivity index (χ0v) is 21.4. The van der Waals surface area contributed by atoms with Gasteiger partial charge in [0.15, 0.2) is 5.75 Å². The van der Waals surface area contributed by atoms with E-state index in [1.54, 1.807) is 21.0 Å². The second kappa shape index (κ2) is 12.1. The molecule has 2 aromatic rings. The minimum absolute atomic E-state index is 0.296. The fraction of sp³-hybridized carbons (Fsp3) is 0.391. The van der Waals surface area contributed by atoms with E-state index in [0.717, 1.165) is 32.2 Å². The number of carbonyl (C=O) groups excluding carboxylic acids is 1. The molecule has 0 aromatic heterocycles. The van der Waals surface area contributed by atoms with Gasteiger partial charge in [0.2, 0.25) is 6.10 Å². The molecule has 0 radical (unpaired) electrons. The molecule has 0 saturated carbocycles. The van der Waals surface area contributed by atoms with Crippen molar-refractivity contribution in [2.45, 2.75) is 46.1 Å². The standard InChI is InChI=1S/C23H27Br2NO5/c1-6-14(3)18-12-17(8-9-21(18)28-5)30-22-19(24)10-16(11-20(22)25)13-26-31-15(4)23(27)29-7-2/h8-15H,6-7H2,1-5H3. The van der Waals surface area contributed by atoms with Crippen LogP contribution in [-0.4, -0.2) is 32.0 Å². The zero-order valence-electron chi connectivity index (χ0n) is 18.3. The van der Waals surface area contributed by atoms with E-state index in [0.29, 0.717) is 24.0 Å². The van der Waals surface area contributed by atoms with E-state index in [2.05, 4.69) is 50.9 Å². The predicted octanol–water partition coefficient (Wildman–Crippen LogP) is 6.83. The fourth-order valence-corrected chi connectivity index (χ4v) is 4.12. The highest BCUT2D eigenvalue weighted by Crippen LogP contribution is 2.39. The average molecular weight is 557 g/mol. The molecule has 0 bridgehead atoms. The number of carbonyl (C=O) groups is 1. The summed E-state index contributed by atoms with van der Waals surface area (Å²) in [6.07, 6.45) is 1.74. The van der Waals surface area contributed by atoms with Gasteiger partial charge < -0.3 is 19.0 Å². The summed E-state index contributed by atoms with van der Waals surface area (Å²) in [6, 6.07) is 9.50. The van der Waals surface area contributed by atoms with Crippen LogP contribution in [0.25, 0.3) is 0 Å². The number of benzene rings is 2. The lowest BCUT2D eigenvalue weighted by atomic mass is 9.97. The average Bonchev–Trinajstić information content (AvgIpc) is 2.75. The van der Waals surface area contributed by atoms with E-state index in [9.17, 15) is 4.79 Å². The maximum absolute atomic E-state index is 11.6. The summed E-state index contributed by atoms with van der Waals surface area (Å²) in [6.45, 7) is 7.92. The predicted molar refractivity (Wildman–Crippen MR) is 128 cm³/mol. The third kappa shape index (κ3) is 6.97. The smallest absolute Gasteiger partial charge is 0.349 e. The molecule has 0 spiro atoms. The molecule has 0 fully saturated rings. The van der Waals surface area contributed by atoms with E-state index >= 15 is 0 Å². The van der Waals surface area contributed by atoms with E-state index in [1.165, 1.54) is 6.21 Å². The third-order valence-corrected chi connectivity index (χ3v) is 5.80. The number of hydrogen-bond donors (Lipinski definition) is 0. The molecule has 2 atom stereocenters. The Morgan fingerprint density at radius 2 is 1.81 bits per heavy atom. The fourth-order valence-electron chi connectivity index (χ4n) is 2.74. The molecule has 0 N–H and O–H groups in total.